The van der Waals surface area contributed by atoms with Gasteiger partial charge >= 0.3 is 0 Å². The van der Waals surface area contributed by atoms with Crippen LogP contribution in [0.25, 0.3) is 10.9 Å². The van der Waals surface area contributed by atoms with E-state index in [1.54, 1.807) is 0 Å². The van der Waals surface area contributed by atoms with Crippen molar-refractivity contribution in [3.05, 3.63) is 34.4 Å². The molecule has 0 N–H and O–H groups in total. The third kappa shape index (κ3) is 1.61. The first-order valence-corrected chi connectivity index (χ1v) is 6.95. The van der Waals surface area contributed by atoms with Crippen molar-refractivity contribution in [1.29, 1.82) is 0 Å². The summed E-state index contributed by atoms with van der Waals surface area (Å²) in [6.07, 6.45) is 6.53. The van der Waals surface area contributed by atoms with E-state index in [9.17, 15) is 4.79 Å². The summed E-state index contributed by atoms with van der Waals surface area (Å²) >= 11 is 0. The fourth-order valence-electron chi connectivity index (χ4n) is 2.92. The van der Waals surface area contributed by atoms with Crippen molar-refractivity contribution >= 4 is 10.9 Å². The molecule has 96 valence electrons. The molecule has 0 aliphatic carbocycles. The Hall–Kier alpha value is -1.51. The molecule has 1 atom stereocenters. The first-order chi connectivity index (χ1) is 8.72. The molecule has 18 heavy (non-hydrogen) atoms. The molecule has 3 heteroatoms. The Morgan fingerprint density at radius 2 is 2.22 bits per heavy atom. The van der Waals surface area contributed by atoms with Crippen molar-refractivity contribution in [2.45, 2.75) is 52.1 Å². The lowest BCUT2D eigenvalue weighted by molar-refractivity contribution is 0.516. The standard InChI is InChI=1S/C15H20N2O/c1-3-11(2)16-9-7-14-13(15(16)18)10-12-6-4-5-8-17(12)14/h7,9-11H,3-6,8H2,1-2H3. The van der Waals surface area contributed by atoms with Crippen molar-refractivity contribution in [2.75, 3.05) is 0 Å². The summed E-state index contributed by atoms with van der Waals surface area (Å²) in [5.41, 5.74) is 2.62. The Bertz CT molecular complexity index is 636. The topological polar surface area (TPSA) is 26.9 Å². The average Bonchev–Trinajstić information content (AvgIpc) is 2.78. The van der Waals surface area contributed by atoms with Crippen LogP contribution in [0.15, 0.2) is 23.1 Å². The van der Waals surface area contributed by atoms with E-state index in [0.717, 1.165) is 30.3 Å². The molecule has 2 aromatic heterocycles. The van der Waals surface area contributed by atoms with Gasteiger partial charge in [0.25, 0.3) is 5.56 Å². The molecule has 3 nitrogen and oxygen atoms in total. The van der Waals surface area contributed by atoms with Gasteiger partial charge < -0.3 is 9.13 Å². The number of fused-ring (bicyclic) bond motifs is 3. The summed E-state index contributed by atoms with van der Waals surface area (Å²) < 4.78 is 4.19. The molecule has 0 fully saturated rings. The maximum absolute atomic E-state index is 12.5. The Labute approximate surface area is 107 Å². The molecular formula is C15H20N2O. The normalized spacial score (nSPS) is 16.8. The number of aryl methyl sites for hydroxylation is 2. The van der Waals surface area contributed by atoms with Crippen LogP contribution in [-0.2, 0) is 13.0 Å². The molecule has 0 radical (unpaired) electrons. The van der Waals surface area contributed by atoms with Gasteiger partial charge in [-0.05, 0) is 44.7 Å². The zero-order chi connectivity index (χ0) is 12.7. The van der Waals surface area contributed by atoms with E-state index in [0.29, 0.717) is 0 Å². The van der Waals surface area contributed by atoms with Crippen LogP contribution in [0.4, 0.5) is 0 Å². The lowest BCUT2D eigenvalue weighted by Crippen LogP contribution is -2.22. The first kappa shape index (κ1) is 11.6. The van der Waals surface area contributed by atoms with Crippen molar-refractivity contribution < 1.29 is 0 Å². The Balaban J connectivity index is 2.24. The molecule has 3 heterocycles. The minimum atomic E-state index is 0.170. The van der Waals surface area contributed by atoms with Gasteiger partial charge in [-0.25, -0.2) is 0 Å². The summed E-state index contributed by atoms with van der Waals surface area (Å²) in [6, 6.07) is 4.49. The zero-order valence-electron chi connectivity index (χ0n) is 11.1. The minimum absolute atomic E-state index is 0.170. The van der Waals surface area contributed by atoms with E-state index in [1.807, 2.05) is 10.8 Å². The van der Waals surface area contributed by atoms with Gasteiger partial charge in [-0.2, -0.15) is 0 Å². The third-order valence-corrected chi connectivity index (χ3v) is 4.21. The highest BCUT2D eigenvalue weighted by molar-refractivity contribution is 5.80. The first-order valence-electron chi connectivity index (χ1n) is 6.95. The smallest absolute Gasteiger partial charge is 0.260 e. The second-order valence-corrected chi connectivity index (χ2v) is 5.33. The second-order valence-electron chi connectivity index (χ2n) is 5.33. The summed E-state index contributed by atoms with van der Waals surface area (Å²) in [6.45, 7) is 5.28. The molecule has 1 aliphatic heterocycles. The molecule has 0 bridgehead atoms. The highest BCUT2D eigenvalue weighted by Gasteiger charge is 2.16. The van der Waals surface area contributed by atoms with Crippen LogP contribution < -0.4 is 5.56 Å². The number of nitrogens with zero attached hydrogens (tertiary/aromatic N) is 2. The van der Waals surface area contributed by atoms with E-state index >= 15 is 0 Å². The molecule has 0 amide bonds. The van der Waals surface area contributed by atoms with Crippen LogP contribution in [0.3, 0.4) is 0 Å². The van der Waals surface area contributed by atoms with Crippen LogP contribution in [0, 0.1) is 0 Å². The Kier molecular flexibility index (Phi) is 2.77. The summed E-state index contributed by atoms with van der Waals surface area (Å²) in [5.74, 6) is 0. The average molecular weight is 244 g/mol. The summed E-state index contributed by atoms with van der Waals surface area (Å²) in [7, 11) is 0. The third-order valence-electron chi connectivity index (χ3n) is 4.21. The largest absolute Gasteiger partial charge is 0.344 e. The van der Waals surface area contributed by atoms with E-state index < -0.39 is 0 Å². The number of pyridine rings is 1. The maximum atomic E-state index is 12.5. The zero-order valence-corrected chi connectivity index (χ0v) is 11.1. The fraction of sp³-hybridized carbons (Fsp3) is 0.533. The van der Waals surface area contributed by atoms with Gasteiger partial charge in [-0.1, -0.05) is 6.92 Å². The number of hydrogen-bond donors (Lipinski definition) is 0. The van der Waals surface area contributed by atoms with Crippen molar-refractivity contribution in [3.63, 3.8) is 0 Å². The van der Waals surface area contributed by atoms with Crippen LogP contribution in [-0.4, -0.2) is 9.13 Å². The van der Waals surface area contributed by atoms with Crippen molar-refractivity contribution in [2.24, 2.45) is 0 Å². The fourth-order valence-corrected chi connectivity index (χ4v) is 2.92. The van der Waals surface area contributed by atoms with Crippen molar-refractivity contribution in [1.82, 2.24) is 9.13 Å². The van der Waals surface area contributed by atoms with Crippen molar-refractivity contribution in [3.8, 4) is 0 Å². The molecule has 0 spiro atoms. The molecule has 0 saturated carbocycles. The van der Waals surface area contributed by atoms with E-state index in [4.69, 9.17) is 0 Å². The number of rotatable bonds is 2. The van der Waals surface area contributed by atoms with Gasteiger partial charge in [0.1, 0.15) is 0 Å². The Morgan fingerprint density at radius 1 is 1.39 bits per heavy atom. The van der Waals surface area contributed by atoms with Gasteiger partial charge in [0, 0.05) is 24.5 Å². The molecule has 2 aromatic rings. The van der Waals surface area contributed by atoms with E-state index in [2.05, 4.69) is 30.5 Å². The van der Waals surface area contributed by atoms with Crippen LogP contribution in [0.5, 0.6) is 0 Å². The second kappa shape index (κ2) is 4.30. The predicted octanol–water partition coefficient (Wildman–Crippen LogP) is 3.11. The van der Waals surface area contributed by atoms with Gasteiger partial charge in [0.2, 0.25) is 0 Å². The van der Waals surface area contributed by atoms with Crippen LogP contribution in [0.1, 0.15) is 44.8 Å². The SMILES string of the molecule is CCC(C)n1ccc2c(cc3n2CCCC3)c1=O. The highest BCUT2D eigenvalue weighted by atomic mass is 16.1. The minimum Gasteiger partial charge on any atom is -0.344 e. The molecule has 0 aromatic carbocycles. The molecule has 1 unspecified atom stereocenters. The summed E-state index contributed by atoms with van der Waals surface area (Å²) in [4.78, 5) is 12.5. The lowest BCUT2D eigenvalue weighted by Gasteiger charge is -2.16. The van der Waals surface area contributed by atoms with E-state index in [-0.39, 0.29) is 11.6 Å². The van der Waals surface area contributed by atoms with Gasteiger partial charge in [-0.15, -0.1) is 0 Å². The van der Waals surface area contributed by atoms with Gasteiger partial charge in [-0.3, -0.25) is 4.79 Å². The summed E-state index contributed by atoms with van der Waals surface area (Å²) in [5, 5.41) is 0.898. The number of aromatic nitrogens is 2. The molecule has 3 rings (SSSR count). The number of hydrogen-bond acceptors (Lipinski definition) is 1. The van der Waals surface area contributed by atoms with E-state index in [1.165, 1.54) is 18.5 Å². The van der Waals surface area contributed by atoms with Crippen LogP contribution in [0.2, 0.25) is 0 Å². The molecular weight excluding hydrogens is 224 g/mol. The van der Waals surface area contributed by atoms with Gasteiger partial charge in [0.05, 0.1) is 10.9 Å². The predicted molar refractivity (Wildman–Crippen MR) is 74.1 cm³/mol. The Morgan fingerprint density at radius 3 is 3.00 bits per heavy atom. The maximum Gasteiger partial charge on any atom is 0.260 e. The van der Waals surface area contributed by atoms with Gasteiger partial charge in [0.15, 0.2) is 0 Å². The highest BCUT2D eigenvalue weighted by Crippen LogP contribution is 2.23. The molecule has 0 saturated heterocycles. The molecule has 1 aliphatic rings. The quantitative estimate of drug-likeness (QED) is 0.797. The van der Waals surface area contributed by atoms with Crippen LogP contribution >= 0.6 is 0 Å². The monoisotopic (exact) mass is 244 g/mol. The lowest BCUT2D eigenvalue weighted by atomic mass is 10.1.